The minimum Gasteiger partial charge on any atom is -0.507 e. The van der Waals surface area contributed by atoms with Gasteiger partial charge in [0, 0.05) is 5.56 Å². The predicted molar refractivity (Wildman–Crippen MR) is 61.6 cm³/mol. The predicted octanol–water partition coefficient (Wildman–Crippen LogP) is 2.31. The Labute approximate surface area is 94.2 Å². The third-order valence-electron chi connectivity index (χ3n) is 2.36. The van der Waals surface area contributed by atoms with E-state index in [1.54, 1.807) is 12.1 Å². The molecule has 2 N–H and O–H groups in total. The summed E-state index contributed by atoms with van der Waals surface area (Å²) in [6.45, 7) is 5.98. The van der Waals surface area contributed by atoms with E-state index in [0.29, 0.717) is 11.8 Å². The topological polar surface area (TPSA) is 69.9 Å². The number of oxime groups is 1. The van der Waals surface area contributed by atoms with Gasteiger partial charge in [-0.1, -0.05) is 25.9 Å². The highest BCUT2D eigenvalue weighted by atomic mass is 16.4. The van der Waals surface area contributed by atoms with Crippen LogP contribution in [0.3, 0.4) is 0 Å². The number of nitrogens with zero attached hydrogens (tertiary/aromatic N) is 1. The van der Waals surface area contributed by atoms with Gasteiger partial charge in [-0.2, -0.15) is 0 Å². The van der Waals surface area contributed by atoms with Crippen molar-refractivity contribution in [1.82, 2.24) is 0 Å². The Kier molecular flexibility index (Phi) is 3.32. The first-order chi connectivity index (χ1) is 7.40. The van der Waals surface area contributed by atoms with Crippen molar-refractivity contribution in [3.05, 3.63) is 28.8 Å². The summed E-state index contributed by atoms with van der Waals surface area (Å²) < 4.78 is 0. The van der Waals surface area contributed by atoms with Gasteiger partial charge >= 0.3 is 0 Å². The number of benzene rings is 1. The highest BCUT2D eigenvalue weighted by Gasteiger charge is 2.17. The van der Waals surface area contributed by atoms with Crippen LogP contribution in [-0.4, -0.2) is 22.8 Å². The van der Waals surface area contributed by atoms with Gasteiger partial charge in [-0.25, -0.2) is 0 Å². The van der Waals surface area contributed by atoms with E-state index >= 15 is 0 Å². The molecule has 16 heavy (non-hydrogen) atoms. The highest BCUT2D eigenvalue weighted by Crippen LogP contribution is 2.29. The molecule has 1 rings (SSSR count). The number of carbonyl (C=O) groups excluding carboxylic acids is 1. The molecule has 0 aliphatic carbocycles. The van der Waals surface area contributed by atoms with E-state index < -0.39 is 0 Å². The quantitative estimate of drug-likeness (QED) is 0.348. The highest BCUT2D eigenvalue weighted by molar-refractivity contribution is 5.90. The van der Waals surface area contributed by atoms with E-state index in [0.717, 1.165) is 11.8 Å². The zero-order valence-corrected chi connectivity index (χ0v) is 9.56. The van der Waals surface area contributed by atoms with Gasteiger partial charge in [0.05, 0.1) is 11.8 Å². The van der Waals surface area contributed by atoms with Gasteiger partial charge < -0.3 is 10.3 Å². The monoisotopic (exact) mass is 221 g/mol. The van der Waals surface area contributed by atoms with Crippen LogP contribution in [0.2, 0.25) is 0 Å². The van der Waals surface area contributed by atoms with E-state index in [4.69, 9.17) is 5.21 Å². The zero-order valence-electron chi connectivity index (χ0n) is 9.56. The molecule has 0 aromatic heterocycles. The summed E-state index contributed by atoms with van der Waals surface area (Å²) in [6, 6.07) is 3.33. The lowest BCUT2D eigenvalue weighted by Gasteiger charge is -2.20. The number of carbonyl (C=O) groups is 1. The van der Waals surface area contributed by atoms with Crippen LogP contribution in [0.15, 0.2) is 17.3 Å². The molecule has 0 bridgehead atoms. The SMILES string of the molecule is CC(C)(C)c1cc(C=O)c(O)c(/C=N/O)c1. The standard InChI is InChI=1S/C12H15NO3/c1-12(2,3)10-4-8(6-13-16)11(15)9(5-10)7-14/h4-7,15-16H,1-3H3/b13-6+. The second-order valence-electron chi connectivity index (χ2n) is 4.62. The zero-order chi connectivity index (χ0) is 12.3. The molecule has 0 aliphatic heterocycles. The van der Waals surface area contributed by atoms with Gasteiger partial charge in [-0.3, -0.25) is 4.79 Å². The molecule has 0 spiro atoms. The number of hydrogen-bond acceptors (Lipinski definition) is 4. The molecule has 86 valence electrons. The van der Waals surface area contributed by atoms with Crippen LogP contribution < -0.4 is 0 Å². The second-order valence-corrected chi connectivity index (χ2v) is 4.62. The smallest absolute Gasteiger partial charge is 0.153 e. The summed E-state index contributed by atoms with van der Waals surface area (Å²) in [4.78, 5) is 10.8. The summed E-state index contributed by atoms with van der Waals surface area (Å²) >= 11 is 0. The Bertz CT molecular complexity index is 431. The Morgan fingerprint density at radius 2 is 1.81 bits per heavy atom. The Morgan fingerprint density at radius 3 is 2.25 bits per heavy atom. The second kappa shape index (κ2) is 4.35. The Hall–Kier alpha value is -1.84. The van der Waals surface area contributed by atoms with Gasteiger partial charge in [0.15, 0.2) is 6.29 Å². The molecule has 4 nitrogen and oxygen atoms in total. The molecule has 1 aromatic carbocycles. The average molecular weight is 221 g/mol. The first kappa shape index (κ1) is 12.2. The largest absolute Gasteiger partial charge is 0.507 e. The number of aromatic hydroxyl groups is 1. The molecule has 4 heteroatoms. The van der Waals surface area contributed by atoms with Crippen molar-refractivity contribution >= 4 is 12.5 Å². The third kappa shape index (κ3) is 2.39. The summed E-state index contributed by atoms with van der Waals surface area (Å²) in [6.07, 6.45) is 1.69. The summed E-state index contributed by atoms with van der Waals surface area (Å²) in [5.41, 5.74) is 1.27. The third-order valence-corrected chi connectivity index (χ3v) is 2.36. The maximum atomic E-state index is 10.8. The summed E-state index contributed by atoms with van der Waals surface area (Å²) in [5, 5.41) is 21.0. The Balaban J connectivity index is 3.46. The van der Waals surface area contributed by atoms with Gasteiger partial charge in [-0.05, 0) is 23.1 Å². The maximum absolute atomic E-state index is 10.8. The van der Waals surface area contributed by atoms with Crippen LogP contribution in [0.5, 0.6) is 5.75 Å². The normalized spacial score (nSPS) is 11.9. The van der Waals surface area contributed by atoms with E-state index in [2.05, 4.69) is 5.16 Å². The van der Waals surface area contributed by atoms with Crippen LogP contribution in [0, 0.1) is 0 Å². The molecule has 0 amide bonds. The van der Waals surface area contributed by atoms with E-state index in [9.17, 15) is 9.90 Å². The van der Waals surface area contributed by atoms with Crippen molar-refractivity contribution in [3.8, 4) is 5.75 Å². The molecule has 0 saturated heterocycles. The van der Waals surface area contributed by atoms with Crippen molar-refractivity contribution in [2.24, 2.45) is 5.16 Å². The fourth-order valence-electron chi connectivity index (χ4n) is 1.36. The molecule has 0 saturated carbocycles. The number of rotatable bonds is 2. The average Bonchev–Trinajstić information content (AvgIpc) is 2.19. The first-order valence-electron chi connectivity index (χ1n) is 4.90. The molecule has 0 unspecified atom stereocenters. The summed E-state index contributed by atoms with van der Waals surface area (Å²) in [5.74, 6) is -0.166. The van der Waals surface area contributed by atoms with Crippen LogP contribution in [0.4, 0.5) is 0 Å². The van der Waals surface area contributed by atoms with Crippen molar-refractivity contribution in [2.75, 3.05) is 0 Å². The molecule has 0 fully saturated rings. The van der Waals surface area contributed by atoms with Crippen molar-refractivity contribution in [2.45, 2.75) is 26.2 Å². The van der Waals surface area contributed by atoms with Gasteiger partial charge in [0.1, 0.15) is 5.75 Å². The van der Waals surface area contributed by atoms with Gasteiger partial charge in [0.2, 0.25) is 0 Å². The van der Waals surface area contributed by atoms with E-state index in [-0.39, 0.29) is 16.7 Å². The fourth-order valence-corrected chi connectivity index (χ4v) is 1.36. The number of aldehydes is 1. The van der Waals surface area contributed by atoms with Crippen molar-refractivity contribution < 1.29 is 15.1 Å². The molecule has 0 aliphatic rings. The number of hydrogen-bond donors (Lipinski definition) is 2. The van der Waals surface area contributed by atoms with Gasteiger partial charge in [-0.15, -0.1) is 0 Å². The van der Waals surface area contributed by atoms with E-state index in [1.807, 2.05) is 20.8 Å². The maximum Gasteiger partial charge on any atom is 0.153 e. The fraction of sp³-hybridized carbons (Fsp3) is 0.333. The van der Waals surface area contributed by atoms with Crippen LogP contribution in [0.1, 0.15) is 42.3 Å². The molecule has 0 atom stereocenters. The minimum atomic E-state index is -0.166. The number of phenols is 1. The lowest BCUT2D eigenvalue weighted by molar-refractivity contribution is 0.112. The van der Waals surface area contributed by atoms with Gasteiger partial charge in [0.25, 0.3) is 0 Å². The van der Waals surface area contributed by atoms with Crippen molar-refractivity contribution in [1.29, 1.82) is 0 Å². The molecular formula is C12H15NO3. The van der Waals surface area contributed by atoms with E-state index in [1.165, 1.54) is 0 Å². The minimum absolute atomic E-state index is 0.149. The number of phenolic OH excluding ortho intramolecular Hbond substituents is 1. The van der Waals surface area contributed by atoms with Crippen LogP contribution in [0.25, 0.3) is 0 Å². The first-order valence-corrected chi connectivity index (χ1v) is 4.90. The molecule has 0 radical (unpaired) electrons. The summed E-state index contributed by atoms with van der Waals surface area (Å²) in [7, 11) is 0. The molecular weight excluding hydrogens is 206 g/mol. The Morgan fingerprint density at radius 1 is 1.25 bits per heavy atom. The molecule has 0 heterocycles. The lowest BCUT2D eigenvalue weighted by atomic mass is 9.85. The van der Waals surface area contributed by atoms with Crippen LogP contribution in [-0.2, 0) is 5.41 Å². The lowest BCUT2D eigenvalue weighted by Crippen LogP contribution is -2.12. The van der Waals surface area contributed by atoms with Crippen molar-refractivity contribution in [3.63, 3.8) is 0 Å². The van der Waals surface area contributed by atoms with Crippen LogP contribution >= 0.6 is 0 Å². The molecule has 1 aromatic rings.